The Kier molecular flexibility index (Phi) is 8.96. The Bertz CT molecular complexity index is 3910. The van der Waals surface area contributed by atoms with Crippen molar-refractivity contribution in [3.63, 3.8) is 0 Å². The smallest absolute Gasteiger partial charge is 0.00262 e. The van der Waals surface area contributed by atoms with Gasteiger partial charge in [-0.2, -0.15) is 0 Å². The lowest BCUT2D eigenvalue weighted by atomic mass is 9.83. The Morgan fingerprint density at radius 3 is 1.00 bits per heavy atom. The average molecular weight is 835 g/mol. The molecule has 0 fully saturated rings. The molecular weight excluding hydrogens is 793 g/mol. The second-order valence-corrected chi connectivity index (χ2v) is 17.5. The van der Waals surface area contributed by atoms with Crippen molar-refractivity contribution < 1.29 is 0 Å². The van der Waals surface area contributed by atoms with Crippen LogP contribution < -0.4 is 0 Å². The predicted molar refractivity (Wildman–Crippen MR) is 284 cm³/mol. The second kappa shape index (κ2) is 15.6. The quantitative estimate of drug-likeness (QED) is 0.146. The van der Waals surface area contributed by atoms with Gasteiger partial charge in [-0.3, -0.25) is 0 Å². The zero-order chi connectivity index (χ0) is 43.6. The van der Waals surface area contributed by atoms with E-state index < -0.39 is 0 Å². The molecule has 0 nitrogen and oxygen atoms in total. The monoisotopic (exact) mass is 834 g/mol. The first-order chi connectivity index (χ1) is 32.8. The third-order valence-corrected chi connectivity index (χ3v) is 13.8. The summed E-state index contributed by atoms with van der Waals surface area (Å²) in [6.07, 6.45) is 0. The van der Waals surface area contributed by atoms with Crippen molar-refractivity contribution in [3.8, 4) is 66.8 Å². The van der Waals surface area contributed by atoms with Crippen LogP contribution in [-0.4, -0.2) is 0 Å². The minimum atomic E-state index is 1.20. The molecule has 0 heteroatoms. The summed E-state index contributed by atoms with van der Waals surface area (Å²) in [5, 5.41) is 15.0. The molecule has 66 heavy (non-hydrogen) atoms. The van der Waals surface area contributed by atoms with Gasteiger partial charge in [-0.25, -0.2) is 0 Å². The van der Waals surface area contributed by atoms with Crippen LogP contribution in [0.4, 0.5) is 0 Å². The molecule has 0 atom stereocenters. The van der Waals surface area contributed by atoms with Crippen molar-refractivity contribution in [1.29, 1.82) is 0 Å². The van der Waals surface area contributed by atoms with Gasteiger partial charge in [-0.15, -0.1) is 0 Å². The lowest BCUT2D eigenvalue weighted by molar-refractivity contribution is 1.60. The van der Waals surface area contributed by atoms with Gasteiger partial charge in [0, 0.05) is 0 Å². The molecule has 0 amide bonds. The normalized spacial score (nSPS) is 11.6. The van der Waals surface area contributed by atoms with E-state index in [0.717, 1.165) is 0 Å². The predicted octanol–water partition coefficient (Wildman–Crippen LogP) is 18.6. The minimum absolute atomic E-state index is 1.20. The Hall–Kier alpha value is -8.58. The number of hydrogen-bond acceptors (Lipinski definition) is 0. The van der Waals surface area contributed by atoms with Gasteiger partial charge >= 0.3 is 0 Å². The standard InChI is InChI=1S/C66H42/c1-2-19-45(20-3-1)62-52-24-7-6-18-44(52)39-40-53(62)49-22-16-23-50(42-49)65-58-29-12-8-25-54(58)63(55-26-9-13-30-59(55)65)46-34-36-47(37-35-46)64-56-27-10-14-31-60(56)66(61-32-15-11-28-57(61)64)51-38-33-43-17-4-5-21-48(43)41-51/h1-42H. The number of benzene rings is 13. The van der Waals surface area contributed by atoms with E-state index in [2.05, 4.69) is 255 Å². The van der Waals surface area contributed by atoms with E-state index in [4.69, 9.17) is 0 Å². The maximum Gasteiger partial charge on any atom is -0.00262 e. The first-order valence-electron chi connectivity index (χ1n) is 22.9. The van der Waals surface area contributed by atoms with Gasteiger partial charge in [0.05, 0.1) is 0 Å². The minimum Gasteiger partial charge on any atom is -0.0622 e. The van der Waals surface area contributed by atoms with E-state index in [0.29, 0.717) is 0 Å². The highest BCUT2D eigenvalue weighted by Crippen LogP contribution is 2.48. The van der Waals surface area contributed by atoms with Gasteiger partial charge in [0.25, 0.3) is 0 Å². The summed E-state index contributed by atoms with van der Waals surface area (Å²) in [6.45, 7) is 0. The molecule has 0 spiro atoms. The fraction of sp³-hybridized carbons (Fsp3) is 0. The molecule has 0 saturated heterocycles. The highest BCUT2D eigenvalue weighted by atomic mass is 14.2. The largest absolute Gasteiger partial charge is 0.0622 e. The molecule has 306 valence electrons. The summed E-state index contributed by atoms with van der Waals surface area (Å²) >= 11 is 0. The van der Waals surface area contributed by atoms with Gasteiger partial charge in [0.2, 0.25) is 0 Å². The fourth-order valence-corrected chi connectivity index (χ4v) is 10.9. The van der Waals surface area contributed by atoms with Crippen molar-refractivity contribution >= 4 is 64.6 Å². The number of hydrogen-bond donors (Lipinski definition) is 0. The summed E-state index contributed by atoms with van der Waals surface area (Å²) < 4.78 is 0. The Labute approximate surface area is 384 Å². The van der Waals surface area contributed by atoms with Gasteiger partial charge in [0.1, 0.15) is 0 Å². The molecule has 0 aliphatic rings. The number of fused-ring (bicyclic) bond motifs is 6. The molecule has 0 radical (unpaired) electrons. The summed E-state index contributed by atoms with van der Waals surface area (Å²) in [5.41, 5.74) is 14.9. The summed E-state index contributed by atoms with van der Waals surface area (Å²) in [6, 6.07) is 94.1. The summed E-state index contributed by atoms with van der Waals surface area (Å²) in [5.74, 6) is 0. The molecule has 0 N–H and O–H groups in total. The van der Waals surface area contributed by atoms with Crippen molar-refractivity contribution in [2.24, 2.45) is 0 Å². The van der Waals surface area contributed by atoms with Crippen molar-refractivity contribution in [1.82, 2.24) is 0 Å². The molecule has 13 aromatic carbocycles. The van der Waals surface area contributed by atoms with Crippen molar-refractivity contribution in [2.45, 2.75) is 0 Å². The third kappa shape index (κ3) is 6.15. The highest BCUT2D eigenvalue weighted by Gasteiger charge is 2.20. The molecule has 0 aliphatic heterocycles. The highest BCUT2D eigenvalue weighted by molar-refractivity contribution is 6.23. The van der Waals surface area contributed by atoms with Crippen LogP contribution in [0.1, 0.15) is 0 Å². The molecule has 0 heterocycles. The van der Waals surface area contributed by atoms with Crippen LogP contribution >= 0.6 is 0 Å². The van der Waals surface area contributed by atoms with E-state index in [1.807, 2.05) is 0 Å². The second-order valence-electron chi connectivity index (χ2n) is 17.5. The Morgan fingerprint density at radius 2 is 0.485 bits per heavy atom. The van der Waals surface area contributed by atoms with E-state index in [1.54, 1.807) is 0 Å². The summed E-state index contributed by atoms with van der Waals surface area (Å²) in [4.78, 5) is 0. The van der Waals surface area contributed by atoms with Crippen LogP contribution in [0.25, 0.3) is 131 Å². The average Bonchev–Trinajstić information content (AvgIpc) is 3.39. The van der Waals surface area contributed by atoms with Crippen LogP contribution in [0, 0.1) is 0 Å². The van der Waals surface area contributed by atoms with Crippen molar-refractivity contribution in [2.75, 3.05) is 0 Å². The van der Waals surface area contributed by atoms with Crippen LogP contribution in [0.2, 0.25) is 0 Å². The first-order valence-corrected chi connectivity index (χ1v) is 22.9. The van der Waals surface area contributed by atoms with E-state index in [1.165, 1.54) is 131 Å². The molecule has 0 aromatic heterocycles. The Balaban J connectivity index is 0.968. The van der Waals surface area contributed by atoms with Crippen LogP contribution in [0.5, 0.6) is 0 Å². The fourth-order valence-electron chi connectivity index (χ4n) is 10.9. The summed E-state index contributed by atoms with van der Waals surface area (Å²) in [7, 11) is 0. The van der Waals surface area contributed by atoms with Crippen LogP contribution in [0.15, 0.2) is 255 Å². The van der Waals surface area contributed by atoms with Gasteiger partial charge < -0.3 is 0 Å². The Morgan fingerprint density at radius 1 is 0.152 bits per heavy atom. The van der Waals surface area contributed by atoms with Gasteiger partial charge in [-0.05, 0) is 144 Å². The molecular formula is C66H42. The molecule has 0 saturated carbocycles. The molecule has 0 aliphatic carbocycles. The van der Waals surface area contributed by atoms with Gasteiger partial charge in [-0.1, -0.05) is 243 Å². The molecule has 13 rings (SSSR count). The van der Waals surface area contributed by atoms with E-state index >= 15 is 0 Å². The molecule has 13 aromatic rings. The molecule has 0 unspecified atom stereocenters. The van der Waals surface area contributed by atoms with Crippen LogP contribution in [0.3, 0.4) is 0 Å². The lowest BCUT2D eigenvalue weighted by Gasteiger charge is -2.20. The first kappa shape index (κ1) is 37.9. The van der Waals surface area contributed by atoms with Crippen molar-refractivity contribution in [3.05, 3.63) is 255 Å². The maximum absolute atomic E-state index is 2.40. The zero-order valence-corrected chi connectivity index (χ0v) is 36.2. The molecule has 0 bridgehead atoms. The topological polar surface area (TPSA) is 0 Å². The lowest BCUT2D eigenvalue weighted by Crippen LogP contribution is -1.93. The zero-order valence-electron chi connectivity index (χ0n) is 36.2. The van der Waals surface area contributed by atoms with E-state index in [-0.39, 0.29) is 0 Å². The van der Waals surface area contributed by atoms with E-state index in [9.17, 15) is 0 Å². The van der Waals surface area contributed by atoms with Crippen LogP contribution in [-0.2, 0) is 0 Å². The maximum atomic E-state index is 2.40. The van der Waals surface area contributed by atoms with Gasteiger partial charge in [0.15, 0.2) is 0 Å². The SMILES string of the molecule is c1ccc(-c2c(-c3cccc(-c4c5ccccc5c(-c5ccc(-c6c7ccccc7c(-c7ccc8ccccc8c7)c7ccccc67)cc5)c5ccccc45)c3)ccc3ccccc23)cc1. The third-order valence-electron chi connectivity index (χ3n) is 13.8. The number of rotatable bonds is 6.